The molecule has 1 aromatic heterocycles. The molecule has 3 aromatic carbocycles. The summed E-state index contributed by atoms with van der Waals surface area (Å²) in [7, 11) is -1.71. The molecular formula is C21H18ClN3O3S. The first-order chi connectivity index (χ1) is 13.8. The van der Waals surface area contributed by atoms with Crippen LogP contribution in [0.2, 0.25) is 5.02 Å². The first-order valence-corrected chi connectivity index (χ1v) is 11.0. The highest BCUT2D eigenvalue weighted by atomic mass is 35.5. The third-order valence-corrected chi connectivity index (χ3v) is 5.25. The lowest BCUT2D eigenvalue weighted by Gasteiger charge is -2.15. The molecule has 0 saturated heterocycles. The maximum Gasteiger partial charge on any atom is 0.229 e. The van der Waals surface area contributed by atoms with E-state index < -0.39 is 10.0 Å². The third kappa shape index (κ3) is 4.06. The van der Waals surface area contributed by atoms with Crippen molar-refractivity contribution < 1.29 is 13.2 Å². The van der Waals surface area contributed by atoms with Crippen LogP contribution in [0.1, 0.15) is 0 Å². The molecule has 6 nitrogen and oxygen atoms in total. The van der Waals surface area contributed by atoms with Gasteiger partial charge in [-0.3, -0.25) is 4.72 Å². The van der Waals surface area contributed by atoms with E-state index in [0.717, 1.165) is 39.4 Å². The number of benzene rings is 3. The highest BCUT2D eigenvalue weighted by molar-refractivity contribution is 7.92. The first kappa shape index (κ1) is 19.3. The molecule has 148 valence electrons. The molecule has 0 atom stereocenters. The van der Waals surface area contributed by atoms with Crippen LogP contribution in [-0.4, -0.2) is 26.8 Å². The summed E-state index contributed by atoms with van der Waals surface area (Å²) in [5.41, 5.74) is 3.63. The van der Waals surface area contributed by atoms with E-state index in [-0.39, 0.29) is 0 Å². The maximum atomic E-state index is 11.4. The molecule has 0 spiro atoms. The number of aromatic nitrogens is 1. The van der Waals surface area contributed by atoms with Gasteiger partial charge < -0.3 is 10.1 Å². The van der Waals surface area contributed by atoms with Gasteiger partial charge >= 0.3 is 0 Å². The Labute approximate surface area is 173 Å². The topological polar surface area (TPSA) is 80.3 Å². The minimum atomic E-state index is -3.32. The Morgan fingerprint density at radius 3 is 2.38 bits per heavy atom. The second-order valence-electron chi connectivity index (χ2n) is 6.58. The predicted octanol–water partition coefficient (Wildman–Crippen LogP) is 5.17. The van der Waals surface area contributed by atoms with E-state index in [0.29, 0.717) is 16.5 Å². The molecule has 8 heteroatoms. The molecular weight excluding hydrogens is 410 g/mol. The maximum absolute atomic E-state index is 11.4. The van der Waals surface area contributed by atoms with E-state index in [2.05, 4.69) is 10.0 Å². The summed E-state index contributed by atoms with van der Waals surface area (Å²) in [6.45, 7) is 0. The summed E-state index contributed by atoms with van der Waals surface area (Å²) < 4.78 is 30.7. The second-order valence-corrected chi connectivity index (χ2v) is 8.77. The molecule has 1 heterocycles. The number of nitrogens with zero attached hydrogens (tertiary/aromatic N) is 1. The summed E-state index contributed by atoms with van der Waals surface area (Å²) in [5.74, 6) is 0.667. The summed E-state index contributed by atoms with van der Waals surface area (Å²) in [6, 6.07) is 18.3. The van der Waals surface area contributed by atoms with Gasteiger partial charge in [0.2, 0.25) is 10.0 Å². The van der Waals surface area contributed by atoms with Crippen LogP contribution in [-0.2, 0) is 10.0 Å². The summed E-state index contributed by atoms with van der Waals surface area (Å²) in [6.07, 6.45) is 1.12. The van der Waals surface area contributed by atoms with Crippen LogP contribution in [0, 0.1) is 0 Å². The van der Waals surface area contributed by atoms with Gasteiger partial charge in [-0.2, -0.15) is 0 Å². The van der Waals surface area contributed by atoms with Gasteiger partial charge in [-0.15, -0.1) is 0 Å². The normalized spacial score (nSPS) is 11.6. The van der Waals surface area contributed by atoms with Crippen molar-refractivity contribution in [2.45, 2.75) is 0 Å². The number of ether oxygens (including phenoxy) is 1. The Morgan fingerprint density at radius 2 is 1.69 bits per heavy atom. The van der Waals surface area contributed by atoms with Crippen LogP contribution in [0.3, 0.4) is 0 Å². The average molecular weight is 428 g/mol. The van der Waals surface area contributed by atoms with Crippen molar-refractivity contribution in [2.75, 3.05) is 23.4 Å². The molecule has 0 aliphatic heterocycles. The van der Waals surface area contributed by atoms with Crippen LogP contribution < -0.4 is 14.8 Å². The van der Waals surface area contributed by atoms with Crippen molar-refractivity contribution in [3.63, 3.8) is 0 Å². The fourth-order valence-corrected chi connectivity index (χ4v) is 3.92. The number of rotatable bonds is 5. The van der Waals surface area contributed by atoms with Gasteiger partial charge in [0, 0.05) is 27.2 Å². The van der Waals surface area contributed by atoms with Crippen LogP contribution in [0.15, 0.2) is 60.7 Å². The fraction of sp³-hybridized carbons (Fsp3) is 0.0952. The minimum Gasteiger partial charge on any atom is -0.494 e. The zero-order valence-corrected chi connectivity index (χ0v) is 17.3. The molecule has 0 bridgehead atoms. The Morgan fingerprint density at radius 1 is 0.966 bits per heavy atom. The van der Waals surface area contributed by atoms with E-state index in [1.165, 1.54) is 0 Å². The van der Waals surface area contributed by atoms with E-state index >= 15 is 0 Å². The van der Waals surface area contributed by atoms with Crippen LogP contribution in [0.4, 0.5) is 17.1 Å². The smallest absolute Gasteiger partial charge is 0.229 e. The van der Waals surface area contributed by atoms with Crippen molar-refractivity contribution in [1.29, 1.82) is 0 Å². The van der Waals surface area contributed by atoms with Crippen molar-refractivity contribution >= 4 is 60.5 Å². The van der Waals surface area contributed by atoms with Gasteiger partial charge in [-0.25, -0.2) is 13.4 Å². The average Bonchev–Trinajstić information content (AvgIpc) is 2.67. The van der Waals surface area contributed by atoms with Gasteiger partial charge in [-0.1, -0.05) is 23.7 Å². The zero-order valence-electron chi connectivity index (χ0n) is 15.7. The molecule has 4 aromatic rings. The highest BCUT2D eigenvalue weighted by Gasteiger charge is 2.13. The largest absolute Gasteiger partial charge is 0.494 e. The number of hydrogen-bond acceptors (Lipinski definition) is 5. The number of para-hydroxylation sites is 1. The standard InChI is InChI=1S/C21H18ClN3O3S/c1-28-19-5-3-4-17-20(16-11-6-13(22)12-18(16)24-21(17)19)23-14-7-9-15(10-8-14)25-29(2,26)27/h3-12,25H,1-2H3,(H,23,24). The number of hydrogen-bond donors (Lipinski definition) is 2. The molecule has 2 N–H and O–H groups in total. The van der Waals surface area contributed by atoms with Crippen LogP contribution >= 0.6 is 11.6 Å². The number of pyridine rings is 1. The molecule has 0 aliphatic rings. The van der Waals surface area contributed by atoms with Crippen molar-refractivity contribution in [2.24, 2.45) is 0 Å². The Balaban J connectivity index is 1.85. The van der Waals surface area contributed by atoms with Crippen molar-refractivity contribution in [3.05, 3.63) is 65.7 Å². The highest BCUT2D eigenvalue weighted by Crippen LogP contribution is 2.37. The van der Waals surface area contributed by atoms with Gasteiger partial charge in [0.15, 0.2) is 0 Å². The Bertz CT molecular complexity index is 1320. The van der Waals surface area contributed by atoms with E-state index in [1.807, 2.05) is 48.5 Å². The molecule has 4 rings (SSSR count). The van der Waals surface area contributed by atoms with Gasteiger partial charge in [0.05, 0.1) is 24.6 Å². The number of anilines is 3. The number of methoxy groups -OCH3 is 1. The molecule has 0 saturated carbocycles. The number of sulfonamides is 1. The molecule has 0 fully saturated rings. The monoisotopic (exact) mass is 427 g/mol. The van der Waals surface area contributed by atoms with Crippen LogP contribution in [0.5, 0.6) is 5.75 Å². The number of nitrogens with one attached hydrogen (secondary N) is 2. The lowest BCUT2D eigenvalue weighted by atomic mass is 10.1. The van der Waals surface area contributed by atoms with Gasteiger partial charge in [0.1, 0.15) is 11.3 Å². The van der Waals surface area contributed by atoms with E-state index in [4.69, 9.17) is 21.3 Å². The third-order valence-electron chi connectivity index (χ3n) is 4.41. The van der Waals surface area contributed by atoms with Gasteiger partial charge in [0.25, 0.3) is 0 Å². The van der Waals surface area contributed by atoms with Gasteiger partial charge in [-0.05, 0) is 48.5 Å². The minimum absolute atomic E-state index is 0.496. The predicted molar refractivity (Wildman–Crippen MR) is 119 cm³/mol. The van der Waals surface area contributed by atoms with Crippen LogP contribution in [0.25, 0.3) is 21.8 Å². The molecule has 0 amide bonds. The molecule has 0 unspecified atom stereocenters. The zero-order chi connectivity index (χ0) is 20.6. The molecule has 29 heavy (non-hydrogen) atoms. The summed E-state index contributed by atoms with van der Waals surface area (Å²) in [4.78, 5) is 4.74. The van der Waals surface area contributed by atoms with Crippen molar-refractivity contribution in [1.82, 2.24) is 4.98 Å². The second kappa shape index (κ2) is 7.42. The molecule has 0 radical (unpaired) electrons. The summed E-state index contributed by atoms with van der Waals surface area (Å²) >= 11 is 6.18. The fourth-order valence-electron chi connectivity index (χ4n) is 3.19. The number of halogens is 1. The summed E-state index contributed by atoms with van der Waals surface area (Å²) in [5, 5.41) is 5.84. The first-order valence-electron chi connectivity index (χ1n) is 8.75. The van der Waals surface area contributed by atoms with E-state index in [9.17, 15) is 8.42 Å². The van der Waals surface area contributed by atoms with Crippen molar-refractivity contribution in [3.8, 4) is 5.75 Å². The SMILES string of the molecule is COc1cccc2c(Nc3ccc(NS(C)(=O)=O)cc3)c3ccc(Cl)cc3nc12. The van der Waals surface area contributed by atoms with E-state index in [1.54, 1.807) is 19.2 Å². The lowest BCUT2D eigenvalue weighted by molar-refractivity contribution is 0.419. The molecule has 0 aliphatic carbocycles. The quantitative estimate of drug-likeness (QED) is 0.430. The lowest BCUT2D eigenvalue weighted by Crippen LogP contribution is -2.09. The Kier molecular flexibility index (Phi) is 4.94. The Hall–Kier alpha value is -3.03. The number of fused-ring (bicyclic) bond motifs is 2.